The van der Waals surface area contributed by atoms with Gasteiger partial charge in [0.1, 0.15) is 36.1 Å². The fourth-order valence-corrected chi connectivity index (χ4v) is 7.21. The molecule has 5 rings (SSSR count). The zero-order valence-corrected chi connectivity index (χ0v) is 26.3. The molecule has 0 amide bonds. The number of nitrogens with zero attached hydrogens (tertiary/aromatic N) is 3. The van der Waals surface area contributed by atoms with Gasteiger partial charge in [0.05, 0.1) is 28.0 Å². The first-order chi connectivity index (χ1) is 20.6. The van der Waals surface area contributed by atoms with Gasteiger partial charge in [-0.2, -0.15) is 4.31 Å². The molecule has 4 aromatic rings. The third-order valence-electron chi connectivity index (χ3n) is 7.59. The molecule has 226 valence electrons. The molecule has 0 saturated carbocycles. The molecule has 12 heteroatoms. The molecule has 1 aromatic heterocycles. The summed E-state index contributed by atoms with van der Waals surface area (Å²) in [5.41, 5.74) is 0.668. The highest BCUT2D eigenvalue weighted by Gasteiger charge is 2.48. The quantitative estimate of drug-likeness (QED) is 0.180. The lowest BCUT2D eigenvalue weighted by Crippen LogP contribution is -2.52. The van der Waals surface area contributed by atoms with Crippen molar-refractivity contribution in [3.8, 4) is 5.75 Å². The van der Waals surface area contributed by atoms with Gasteiger partial charge in [-0.25, -0.2) is 27.2 Å². The Morgan fingerprint density at radius 2 is 1.95 bits per heavy atom. The van der Waals surface area contributed by atoms with Crippen LogP contribution in [0.4, 0.5) is 20.3 Å². The van der Waals surface area contributed by atoms with Gasteiger partial charge in [-0.15, -0.1) is 0 Å². The zero-order chi connectivity index (χ0) is 30.8. The van der Waals surface area contributed by atoms with Gasteiger partial charge in [-0.05, 0) is 77.8 Å². The van der Waals surface area contributed by atoms with Crippen LogP contribution < -0.4 is 10.1 Å². The number of fused-ring (bicyclic) bond motifs is 1. The minimum absolute atomic E-state index is 0.0823. The summed E-state index contributed by atoms with van der Waals surface area (Å²) in [6.45, 7) is 5.48. The number of halogens is 3. The van der Waals surface area contributed by atoms with E-state index in [4.69, 9.17) is 9.47 Å². The maximum atomic E-state index is 15.8. The highest BCUT2D eigenvalue weighted by atomic mass is 79.9. The number of hydrogen-bond acceptors (Lipinski definition) is 7. The molecule has 8 nitrogen and oxygen atoms in total. The molecule has 2 atom stereocenters. The smallest absolute Gasteiger partial charge is 0.214 e. The minimum atomic E-state index is -3.59. The van der Waals surface area contributed by atoms with Crippen molar-refractivity contribution in [2.24, 2.45) is 0 Å². The number of hydrogen-bond donors (Lipinski definition) is 1. The summed E-state index contributed by atoms with van der Waals surface area (Å²) in [6.07, 6.45) is 4.88. The molecule has 0 radical (unpaired) electrons. The molecule has 0 aliphatic carbocycles. The predicted molar refractivity (Wildman–Crippen MR) is 165 cm³/mol. The molecule has 1 aliphatic rings. The topological polar surface area (TPSA) is 93.7 Å². The van der Waals surface area contributed by atoms with E-state index < -0.39 is 27.5 Å². The summed E-state index contributed by atoms with van der Waals surface area (Å²) in [5, 5.41) is 3.80. The van der Waals surface area contributed by atoms with Crippen LogP contribution in [0.25, 0.3) is 10.9 Å². The molecule has 2 heterocycles. The summed E-state index contributed by atoms with van der Waals surface area (Å²) < 4.78 is 69.1. The normalized spacial score (nSPS) is 17.3. The van der Waals surface area contributed by atoms with Gasteiger partial charge in [0, 0.05) is 35.7 Å². The molecule has 1 N–H and O–H groups in total. The van der Waals surface area contributed by atoms with Crippen LogP contribution in [0.15, 0.2) is 77.7 Å². The first kappa shape index (κ1) is 30.8. The Morgan fingerprint density at radius 1 is 1.14 bits per heavy atom. The highest BCUT2D eigenvalue weighted by Crippen LogP contribution is 2.43. The number of anilines is 2. The maximum absolute atomic E-state index is 15.8. The fraction of sp³-hybridized carbons (Fsp3) is 0.290. The lowest BCUT2D eigenvalue weighted by Gasteiger charge is -2.40. The first-order valence-corrected chi connectivity index (χ1v) is 16.2. The number of aromatic nitrogens is 2. The van der Waals surface area contributed by atoms with E-state index in [1.165, 1.54) is 35.1 Å². The largest absolute Gasteiger partial charge is 0.488 e. The van der Waals surface area contributed by atoms with Crippen molar-refractivity contribution >= 4 is 48.4 Å². The second-order valence-corrected chi connectivity index (χ2v) is 13.2. The Balaban J connectivity index is 1.47. The van der Waals surface area contributed by atoms with Crippen LogP contribution in [0.3, 0.4) is 0 Å². The van der Waals surface area contributed by atoms with E-state index in [9.17, 15) is 12.8 Å². The Morgan fingerprint density at radius 3 is 2.63 bits per heavy atom. The van der Waals surface area contributed by atoms with Gasteiger partial charge in [0.2, 0.25) is 10.0 Å². The van der Waals surface area contributed by atoms with Crippen LogP contribution in [-0.4, -0.2) is 41.0 Å². The number of ether oxygens (including phenoxy) is 2. The van der Waals surface area contributed by atoms with Crippen LogP contribution >= 0.6 is 15.9 Å². The van der Waals surface area contributed by atoms with Crippen LogP contribution in [-0.2, 0) is 27.0 Å². The summed E-state index contributed by atoms with van der Waals surface area (Å²) in [6, 6.07) is 13.8. The van der Waals surface area contributed by atoms with E-state index in [0.29, 0.717) is 38.2 Å². The molecule has 2 unspecified atom stereocenters. The summed E-state index contributed by atoms with van der Waals surface area (Å²) >= 11 is 3.53. The zero-order valence-electron chi connectivity index (χ0n) is 23.9. The number of rotatable bonds is 11. The Bertz CT molecular complexity index is 1780. The van der Waals surface area contributed by atoms with Crippen LogP contribution in [0, 0.1) is 11.6 Å². The van der Waals surface area contributed by atoms with Crippen molar-refractivity contribution in [1.29, 1.82) is 0 Å². The second kappa shape index (κ2) is 12.6. The standard InChI is InChI=1S/C31H31BrF2N4O4S/c1-4-38(43(39,40)5-2)20(3)31(12-7-13-42-31)25-16-24-28(17-27(25)34)35-19-36-30(24)37-23-10-11-29(26(32)15-23)41-18-21-8-6-9-22(33)14-21/h6-11,13-17,19-20H,4-5,12,18H2,1-3H3,(H,35,36,37). The molecule has 0 saturated heterocycles. The monoisotopic (exact) mass is 672 g/mol. The maximum Gasteiger partial charge on any atom is 0.214 e. The number of sulfonamides is 1. The summed E-state index contributed by atoms with van der Waals surface area (Å²) in [4.78, 5) is 8.68. The third kappa shape index (κ3) is 6.22. The Kier molecular flexibility index (Phi) is 9.00. The lowest BCUT2D eigenvalue weighted by atomic mass is 9.83. The van der Waals surface area contributed by atoms with Crippen LogP contribution in [0.5, 0.6) is 5.75 Å². The van der Waals surface area contributed by atoms with Gasteiger partial charge in [0.25, 0.3) is 0 Å². The van der Waals surface area contributed by atoms with E-state index in [1.807, 2.05) is 6.07 Å². The Labute approximate surface area is 257 Å². The summed E-state index contributed by atoms with van der Waals surface area (Å²) in [5.74, 6) is 0.0239. The van der Waals surface area contributed by atoms with Crippen molar-refractivity contribution in [2.75, 3.05) is 17.6 Å². The Hall–Kier alpha value is -3.61. The molecule has 0 spiro atoms. The van der Waals surface area contributed by atoms with Gasteiger partial charge >= 0.3 is 0 Å². The van der Waals surface area contributed by atoms with Crippen molar-refractivity contribution in [2.45, 2.75) is 45.4 Å². The second-order valence-electron chi connectivity index (χ2n) is 10.1. The van der Waals surface area contributed by atoms with Crippen molar-refractivity contribution in [3.05, 3.63) is 100 Å². The minimum Gasteiger partial charge on any atom is -0.488 e. The number of nitrogens with one attached hydrogen (secondary N) is 1. The average molecular weight is 674 g/mol. The third-order valence-corrected chi connectivity index (χ3v) is 10.2. The fourth-order valence-electron chi connectivity index (χ4n) is 5.34. The number of benzene rings is 3. The molecule has 1 aliphatic heterocycles. The molecular formula is C31H31BrF2N4O4S. The van der Waals surface area contributed by atoms with E-state index >= 15 is 4.39 Å². The molecular weight excluding hydrogens is 642 g/mol. The number of likely N-dealkylation sites (N-methyl/N-ethyl adjacent to an activating group) is 1. The predicted octanol–water partition coefficient (Wildman–Crippen LogP) is 7.18. The van der Waals surface area contributed by atoms with Crippen molar-refractivity contribution in [1.82, 2.24) is 14.3 Å². The van der Waals surface area contributed by atoms with E-state index in [-0.39, 0.29) is 36.7 Å². The van der Waals surface area contributed by atoms with Gasteiger partial charge in [-0.3, -0.25) is 0 Å². The van der Waals surface area contributed by atoms with Crippen molar-refractivity contribution in [3.63, 3.8) is 0 Å². The molecule has 43 heavy (non-hydrogen) atoms. The molecule has 0 bridgehead atoms. The highest BCUT2D eigenvalue weighted by molar-refractivity contribution is 9.10. The van der Waals surface area contributed by atoms with E-state index in [1.54, 1.807) is 57.2 Å². The lowest BCUT2D eigenvalue weighted by molar-refractivity contribution is -0.0180. The van der Waals surface area contributed by atoms with E-state index in [0.717, 1.165) is 0 Å². The SMILES string of the molecule is CCN(C(C)C1(c2cc3c(Nc4ccc(OCc5cccc(F)c5)c(Br)c4)ncnc3cc2F)CC=CO1)S(=O)(=O)CC. The average Bonchev–Trinajstić information content (AvgIpc) is 3.48. The van der Waals surface area contributed by atoms with Crippen molar-refractivity contribution < 1.29 is 26.7 Å². The van der Waals surface area contributed by atoms with Gasteiger partial charge in [-0.1, -0.05) is 19.1 Å². The molecule has 3 aromatic carbocycles. The van der Waals surface area contributed by atoms with E-state index in [2.05, 4.69) is 31.2 Å². The van der Waals surface area contributed by atoms with Crippen LogP contribution in [0.2, 0.25) is 0 Å². The van der Waals surface area contributed by atoms with Gasteiger partial charge in [0.15, 0.2) is 5.60 Å². The van der Waals surface area contributed by atoms with Crippen LogP contribution in [0.1, 0.15) is 38.3 Å². The first-order valence-electron chi connectivity index (χ1n) is 13.8. The van der Waals surface area contributed by atoms with Gasteiger partial charge < -0.3 is 14.8 Å². The summed E-state index contributed by atoms with van der Waals surface area (Å²) in [7, 11) is -3.59. The molecule has 0 fully saturated rings.